The number of esters is 1. The number of aliphatic imine (C=N–C) groups is 1. The normalized spacial score (nSPS) is 34.5. The lowest BCUT2D eigenvalue weighted by Crippen LogP contribution is -2.95. The number of fused-ring (bicyclic) bond motifs is 3. The van der Waals surface area contributed by atoms with Gasteiger partial charge in [0, 0.05) is 65.8 Å². The zero-order chi connectivity index (χ0) is 33.6. The standard InChI is InChI=1S/C38H60N3O6/c1-5-27-10-12-35(47-26(2)42)23-34(43)20-29(30-11-13-36(44)37(21-30)46-4)8-6-15-40-38-22-31(14-16-41-38)28(9-7-17-45-3)19-33-25-39-24-32(33)18-27/h24-25,27-31,35-38,40-41,44H,5,7,9-23H2,1-4H3/q+1/p+1. The van der Waals surface area contributed by atoms with Gasteiger partial charge in [-0.2, -0.15) is 0 Å². The first-order chi connectivity index (χ1) is 22.8. The van der Waals surface area contributed by atoms with E-state index in [1.807, 2.05) is 0 Å². The van der Waals surface area contributed by atoms with Crippen LogP contribution < -0.4 is 10.6 Å². The molecular formula is C38H61N3O6+2. The molecule has 0 amide bonds. The number of piperidine rings is 1. The minimum atomic E-state index is -0.484. The van der Waals surface area contributed by atoms with Gasteiger partial charge in [-0.25, -0.2) is 0 Å². The van der Waals surface area contributed by atoms with Crippen LogP contribution in [0.5, 0.6) is 0 Å². The van der Waals surface area contributed by atoms with Crippen molar-refractivity contribution in [2.45, 2.75) is 128 Å². The average Bonchev–Trinajstić information content (AvgIpc) is 3.49. The summed E-state index contributed by atoms with van der Waals surface area (Å²) in [5.41, 5.74) is 1.37. The van der Waals surface area contributed by atoms with E-state index in [1.54, 1.807) is 14.2 Å². The summed E-state index contributed by atoms with van der Waals surface area (Å²) in [6, 6.07) is 0. The second kappa shape index (κ2) is 19.7. The number of quaternary nitrogens is 1. The van der Waals surface area contributed by atoms with Gasteiger partial charge < -0.3 is 24.6 Å². The molecule has 0 spiro atoms. The number of allylic oxidation sites excluding steroid dienone is 1. The average molecular weight is 656 g/mol. The minimum absolute atomic E-state index is 0.0801. The van der Waals surface area contributed by atoms with E-state index in [9.17, 15) is 14.7 Å². The summed E-state index contributed by atoms with van der Waals surface area (Å²) in [4.78, 5) is 30.3. The quantitative estimate of drug-likeness (QED) is 0.156. The number of hydrogen-bond donors (Lipinski definition) is 3. The van der Waals surface area contributed by atoms with E-state index in [0.29, 0.717) is 56.1 Å². The summed E-state index contributed by atoms with van der Waals surface area (Å²) in [5.74, 6) is 9.60. The van der Waals surface area contributed by atoms with Crippen LogP contribution in [0.2, 0.25) is 0 Å². The molecule has 0 aromatic heterocycles. The Bertz CT molecular complexity index is 1110. The second-order valence-electron chi connectivity index (χ2n) is 14.4. The van der Waals surface area contributed by atoms with Crippen LogP contribution in [0.25, 0.3) is 0 Å². The Hall–Kier alpha value is -2.22. The van der Waals surface area contributed by atoms with Crippen LogP contribution in [-0.2, 0) is 23.8 Å². The molecule has 9 heteroatoms. The topological polar surface area (TPSA) is 123 Å². The molecule has 0 aromatic rings. The van der Waals surface area contributed by atoms with Crippen molar-refractivity contribution in [3.05, 3.63) is 17.7 Å². The number of nitrogens with one attached hydrogen (secondary N) is 1. The fourth-order valence-corrected chi connectivity index (χ4v) is 8.34. The van der Waals surface area contributed by atoms with Crippen LogP contribution >= 0.6 is 0 Å². The largest absolute Gasteiger partial charge is 0.462 e. The van der Waals surface area contributed by atoms with Crippen molar-refractivity contribution in [3.8, 4) is 11.8 Å². The molecule has 0 radical (unpaired) electrons. The molecule has 4 rings (SSSR count). The van der Waals surface area contributed by atoms with E-state index < -0.39 is 12.2 Å². The van der Waals surface area contributed by atoms with E-state index in [0.717, 1.165) is 64.5 Å². The fraction of sp³-hybridized carbons (Fsp3) is 0.789. The molecule has 1 saturated carbocycles. The highest BCUT2D eigenvalue weighted by molar-refractivity contribution is 5.83. The van der Waals surface area contributed by atoms with Crippen molar-refractivity contribution in [3.63, 3.8) is 0 Å². The molecule has 262 valence electrons. The predicted molar refractivity (Wildman–Crippen MR) is 183 cm³/mol. The molecule has 3 aliphatic heterocycles. The van der Waals surface area contributed by atoms with Gasteiger partial charge in [-0.15, -0.1) is 4.99 Å². The Morgan fingerprint density at radius 3 is 2.74 bits per heavy atom. The van der Waals surface area contributed by atoms with Crippen molar-refractivity contribution >= 4 is 18.0 Å². The number of methoxy groups -OCH3 is 2. The molecule has 1 aliphatic carbocycles. The number of ketones is 1. The molecule has 3 heterocycles. The first-order valence-electron chi connectivity index (χ1n) is 18.3. The third kappa shape index (κ3) is 12.0. The highest BCUT2D eigenvalue weighted by atomic mass is 16.5. The zero-order valence-electron chi connectivity index (χ0n) is 29.4. The van der Waals surface area contributed by atoms with Crippen molar-refractivity contribution in [1.82, 2.24) is 5.32 Å². The first-order valence-corrected chi connectivity index (χ1v) is 18.3. The van der Waals surface area contributed by atoms with E-state index in [4.69, 9.17) is 14.2 Å². The Morgan fingerprint density at radius 1 is 1.13 bits per heavy atom. The molecule has 4 N–H and O–H groups in total. The van der Waals surface area contributed by atoms with Gasteiger partial charge in [0.25, 0.3) is 0 Å². The molecular weight excluding hydrogens is 594 g/mol. The van der Waals surface area contributed by atoms with Gasteiger partial charge in [-0.1, -0.05) is 25.2 Å². The van der Waals surface area contributed by atoms with Gasteiger partial charge in [0.05, 0.1) is 25.3 Å². The van der Waals surface area contributed by atoms with Crippen molar-refractivity contribution in [2.75, 3.05) is 33.9 Å². The number of carbonyl (C=O) groups excluding carboxylic acids is 2. The highest BCUT2D eigenvalue weighted by Crippen LogP contribution is 2.38. The lowest BCUT2D eigenvalue weighted by Gasteiger charge is -2.35. The Morgan fingerprint density at radius 2 is 1.98 bits per heavy atom. The second-order valence-corrected chi connectivity index (χ2v) is 14.4. The summed E-state index contributed by atoms with van der Waals surface area (Å²) in [7, 11) is 3.43. The van der Waals surface area contributed by atoms with E-state index in [-0.39, 0.29) is 36.1 Å². The lowest BCUT2D eigenvalue weighted by atomic mass is 9.75. The van der Waals surface area contributed by atoms with Gasteiger partial charge in [0.15, 0.2) is 6.20 Å². The number of aliphatic hydroxyl groups excluding tert-OH is 1. The number of hydrogen-bond acceptors (Lipinski definition) is 8. The van der Waals surface area contributed by atoms with Crippen molar-refractivity contribution in [1.29, 1.82) is 0 Å². The van der Waals surface area contributed by atoms with Crippen LogP contribution in [0.4, 0.5) is 0 Å². The van der Waals surface area contributed by atoms with E-state index in [2.05, 4.69) is 46.8 Å². The number of ether oxygens (including phenoxy) is 3. The number of carbonyl (C=O) groups is 2. The molecule has 2 bridgehead atoms. The maximum atomic E-state index is 13.6. The van der Waals surface area contributed by atoms with Gasteiger partial charge in [-0.3, -0.25) is 14.9 Å². The smallest absolute Gasteiger partial charge is 0.302 e. The first kappa shape index (κ1) is 37.6. The van der Waals surface area contributed by atoms with Gasteiger partial charge in [0.1, 0.15) is 35.8 Å². The number of nitrogens with zero attached hydrogens (tertiary/aromatic N) is 1. The van der Waals surface area contributed by atoms with Gasteiger partial charge in [-0.05, 0) is 75.0 Å². The highest BCUT2D eigenvalue weighted by Gasteiger charge is 2.37. The molecule has 2 fully saturated rings. The summed E-state index contributed by atoms with van der Waals surface area (Å²) < 4.78 is 16.8. The number of Topliss-reactive ketones (excluding diaryl/α,β-unsaturated/α-hetero) is 1. The van der Waals surface area contributed by atoms with E-state index >= 15 is 0 Å². The van der Waals surface area contributed by atoms with Crippen molar-refractivity contribution in [2.24, 2.45) is 34.6 Å². The van der Waals surface area contributed by atoms with Crippen LogP contribution in [-0.4, -0.2) is 81.5 Å². The lowest BCUT2D eigenvalue weighted by molar-refractivity contribution is -0.705. The Labute approximate surface area is 283 Å². The molecule has 9 atom stereocenters. The number of rotatable bonds is 8. The summed E-state index contributed by atoms with van der Waals surface area (Å²) in [5, 5.41) is 16.6. The molecule has 47 heavy (non-hydrogen) atoms. The van der Waals surface area contributed by atoms with Gasteiger partial charge in [0.2, 0.25) is 0 Å². The molecule has 0 aromatic carbocycles. The molecule has 9 unspecified atom stereocenters. The maximum absolute atomic E-state index is 13.6. The third-order valence-corrected chi connectivity index (χ3v) is 11.1. The van der Waals surface area contributed by atoms with Crippen LogP contribution in [0.3, 0.4) is 0 Å². The zero-order valence-corrected chi connectivity index (χ0v) is 29.4. The molecule has 4 aliphatic rings. The third-order valence-electron chi connectivity index (χ3n) is 11.1. The van der Waals surface area contributed by atoms with Crippen LogP contribution in [0, 0.1) is 47.3 Å². The maximum Gasteiger partial charge on any atom is 0.302 e. The number of aliphatic hydroxyl groups is 1. The SMILES string of the molecule is CCC1CCC(OC(C)=O)CC(=O)CC(C2CCC(O)C(OC)C2)C#CCNC2CC(CC[NH2+]2)C(CCCOC)CC2=CN=C[C+]2C1. The minimum Gasteiger partial charge on any atom is -0.462 e. The Kier molecular flexibility index (Phi) is 15.8. The fourth-order valence-electron chi connectivity index (χ4n) is 8.34. The van der Waals surface area contributed by atoms with Gasteiger partial charge >= 0.3 is 5.97 Å². The van der Waals surface area contributed by atoms with Crippen LogP contribution in [0.15, 0.2) is 16.8 Å². The monoisotopic (exact) mass is 655 g/mol. The summed E-state index contributed by atoms with van der Waals surface area (Å²) in [6.45, 7) is 6.11. The predicted octanol–water partition coefficient (Wildman–Crippen LogP) is 4.14. The van der Waals surface area contributed by atoms with Crippen LogP contribution in [0.1, 0.15) is 104 Å². The summed E-state index contributed by atoms with van der Waals surface area (Å²) in [6.07, 6.45) is 15.0. The number of nitrogens with two attached hydrogens (primary N) is 1. The Balaban J connectivity index is 1.56. The molecule has 1 saturated heterocycles. The van der Waals surface area contributed by atoms with Crippen molar-refractivity contribution < 1.29 is 34.2 Å². The van der Waals surface area contributed by atoms with E-state index in [1.165, 1.54) is 24.8 Å². The summed E-state index contributed by atoms with van der Waals surface area (Å²) >= 11 is 0. The molecule has 9 nitrogen and oxygen atoms in total.